The van der Waals surface area contributed by atoms with Gasteiger partial charge in [-0.25, -0.2) is 0 Å². The van der Waals surface area contributed by atoms with Crippen LogP contribution in [0.5, 0.6) is 0 Å². The third-order valence-electron chi connectivity index (χ3n) is 1.92. The van der Waals surface area contributed by atoms with Crippen LogP contribution in [0.2, 0.25) is 5.15 Å². The Morgan fingerprint density at radius 1 is 1.47 bits per heavy atom. The Bertz CT molecular complexity index is 405. The summed E-state index contributed by atoms with van der Waals surface area (Å²) >= 11 is 5.58. The summed E-state index contributed by atoms with van der Waals surface area (Å²) in [6, 6.07) is 3.26. The summed E-state index contributed by atoms with van der Waals surface area (Å²) in [5, 5.41) is 20.3. The summed E-state index contributed by atoms with van der Waals surface area (Å²) in [7, 11) is 0. The molecule has 0 radical (unpaired) electrons. The van der Waals surface area contributed by atoms with Gasteiger partial charge < -0.3 is 5.11 Å². The highest BCUT2D eigenvalue weighted by molar-refractivity contribution is 6.29. The Balaban J connectivity index is 2.36. The number of carbonyl (C=O) groups is 1. The average molecular weight is 257 g/mol. The van der Waals surface area contributed by atoms with Gasteiger partial charge >= 0.3 is 5.97 Å². The van der Waals surface area contributed by atoms with Crippen molar-refractivity contribution in [3.8, 4) is 0 Å². The first-order valence-corrected chi connectivity index (χ1v) is 5.46. The van der Waals surface area contributed by atoms with E-state index in [0.29, 0.717) is 23.8 Å². The smallest absolute Gasteiger partial charge is 0.303 e. The van der Waals surface area contributed by atoms with Crippen LogP contribution < -0.4 is 5.43 Å². The fourth-order valence-electron chi connectivity index (χ4n) is 1.08. The number of aliphatic carboxylic acids is 1. The molecule has 0 amide bonds. The van der Waals surface area contributed by atoms with Gasteiger partial charge in [0.25, 0.3) is 0 Å². The number of anilines is 1. The summed E-state index contributed by atoms with van der Waals surface area (Å²) in [5.74, 6) is -0.304. The molecule has 0 aliphatic carbocycles. The number of rotatable bonds is 6. The van der Waals surface area contributed by atoms with Crippen LogP contribution in [0.15, 0.2) is 17.2 Å². The molecule has 0 aliphatic rings. The Kier molecular flexibility index (Phi) is 5.35. The minimum Gasteiger partial charge on any atom is -0.481 e. The van der Waals surface area contributed by atoms with Crippen LogP contribution in [0.4, 0.5) is 5.82 Å². The van der Waals surface area contributed by atoms with Gasteiger partial charge in [0, 0.05) is 12.1 Å². The van der Waals surface area contributed by atoms with Crippen LogP contribution in [-0.4, -0.2) is 27.0 Å². The number of halogens is 1. The molecule has 0 bridgehead atoms. The van der Waals surface area contributed by atoms with Crippen LogP contribution in [-0.2, 0) is 4.79 Å². The van der Waals surface area contributed by atoms with Gasteiger partial charge in [-0.3, -0.25) is 10.2 Å². The van der Waals surface area contributed by atoms with Crippen LogP contribution in [0.1, 0.15) is 26.2 Å². The minimum atomic E-state index is -0.797. The molecule has 6 nitrogen and oxygen atoms in total. The summed E-state index contributed by atoms with van der Waals surface area (Å²) in [4.78, 5) is 10.3. The minimum absolute atomic E-state index is 0.146. The second-order valence-electron chi connectivity index (χ2n) is 3.45. The maximum absolute atomic E-state index is 10.3. The highest BCUT2D eigenvalue weighted by Crippen LogP contribution is 2.06. The molecule has 0 atom stereocenters. The number of aromatic nitrogens is 2. The quantitative estimate of drug-likeness (QED) is 0.602. The number of nitrogens with one attached hydrogen (secondary N) is 1. The summed E-state index contributed by atoms with van der Waals surface area (Å²) in [6.45, 7) is 1.82. The highest BCUT2D eigenvalue weighted by atomic mass is 35.5. The van der Waals surface area contributed by atoms with Gasteiger partial charge in [-0.2, -0.15) is 5.10 Å². The van der Waals surface area contributed by atoms with Crippen molar-refractivity contribution in [2.75, 3.05) is 5.43 Å². The average Bonchev–Trinajstić information content (AvgIpc) is 2.28. The first-order valence-electron chi connectivity index (χ1n) is 5.08. The van der Waals surface area contributed by atoms with Gasteiger partial charge in [0.05, 0.1) is 0 Å². The summed E-state index contributed by atoms with van der Waals surface area (Å²) in [5.41, 5.74) is 3.53. The van der Waals surface area contributed by atoms with Gasteiger partial charge in [-0.05, 0) is 31.9 Å². The fourth-order valence-corrected chi connectivity index (χ4v) is 1.18. The molecule has 0 saturated carbocycles. The molecular formula is C10H13ClN4O2. The van der Waals surface area contributed by atoms with Crippen molar-refractivity contribution in [2.45, 2.75) is 26.2 Å². The Labute approximate surface area is 104 Å². The molecule has 7 heteroatoms. The van der Waals surface area contributed by atoms with Crippen molar-refractivity contribution in [3.63, 3.8) is 0 Å². The lowest BCUT2D eigenvalue weighted by molar-refractivity contribution is -0.137. The molecule has 1 heterocycles. The number of nitrogens with zero attached hydrogens (tertiary/aromatic N) is 3. The van der Waals surface area contributed by atoms with Crippen molar-refractivity contribution in [1.29, 1.82) is 0 Å². The van der Waals surface area contributed by atoms with Gasteiger partial charge in [0.15, 0.2) is 11.0 Å². The Hall–Kier alpha value is -1.69. The summed E-state index contributed by atoms with van der Waals surface area (Å²) in [6.07, 6.45) is 1.34. The van der Waals surface area contributed by atoms with E-state index in [0.717, 1.165) is 5.71 Å². The first-order chi connectivity index (χ1) is 8.08. The zero-order valence-corrected chi connectivity index (χ0v) is 10.1. The van der Waals surface area contributed by atoms with Gasteiger partial charge in [-0.1, -0.05) is 11.6 Å². The molecule has 0 saturated heterocycles. The van der Waals surface area contributed by atoms with Crippen LogP contribution in [0, 0.1) is 0 Å². The first kappa shape index (κ1) is 13.4. The maximum Gasteiger partial charge on any atom is 0.303 e. The molecule has 2 N–H and O–H groups in total. The molecule has 1 rings (SSSR count). The number of carboxylic acid groups (broad SMARTS) is 1. The number of hydrogen-bond donors (Lipinski definition) is 2. The van der Waals surface area contributed by atoms with Crippen molar-refractivity contribution in [3.05, 3.63) is 17.3 Å². The fraction of sp³-hybridized carbons (Fsp3) is 0.400. The highest BCUT2D eigenvalue weighted by Gasteiger charge is 1.99. The molecule has 1 aromatic rings. The summed E-state index contributed by atoms with van der Waals surface area (Å²) < 4.78 is 0. The maximum atomic E-state index is 10.3. The van der Waals surface area contributed by atoms with E-state index < -0.39 is 5.97 Å². The van der Waals surface area contributed by atoms with Crippen molar-refractivity contribution < 1.29 is 9.90 Å². The SMILES string of the molecule is C/C(CCCC(=O)O)=N/Nc1ccc(Cl)nn1. The third-order valence-corrected chi connectivity index (χ3v) is 2.12. The lowest BCUT2D eigenvalue weighted by Crippen LogP contribution is -2.01. The largest absolute Gasteiger partial charge is 0.481 e. The molecule has 0 unspecified atom stereocenters. The molecule has 92 valence electrons. The molecule has 0 fully saturated rings. The number of hydrogen-bond acceptors (Lipinski definition) is 5. The van der Waals surface area contributed by atoms with Crippen molar-refractivity contribution in [1.82, 2.24) is 10.2 Å². The van der Waals surface area contributed by atoms with Crippen LogP contribution in [0.3, 0.4) is 0 Å². The second kappa shape index (κ2) is 6.80. The zero-order chi connectivity index (χ0) is 12.7. The second-order valence-corrected chi connectivity index (χ2v) is 3.83. The van der Waals surface area contributed by atoms with Crippen LogP contribution >= 0.6 is 11.6 Å². The number of carboxylic acids is 1. The lowest BCUT2D eigenvalue weighted by Gasteiger charge is -2.01. The van der Waals surface area contributed by atoms with E-state index in [1.165, 1.54) is 0 Å². The van der Waals surface area contributed by atoms with E-state index >= 15 is 0 Å². The van der Waals surface area contributed by atoms with Crippen molar-refractivity contribution >= 4 is 29.1 Å². The molecule has 17 heavy (non-hydrogen) atoms. The standard InChI is InChI=1S/C10H13ClN4O2/c1-7(3-2-4-10(16)17)12-14-9-6-5-8(11)13-15-9/h5-6H,2-4H2,1H3,(H,14,15)(H,16,17)/b12-7-. The number of hydrazone groups is 1. The predicted molar refractivity (Wildman–Crippen MR) is 65.3 cm³/mol. The van der Waals surface area contributed by atoms with Gasteiger partial charge in [0.1, 0.15) is 0 Å². The van der Waals surface area contributed by atoms with E-state index in [-0.39, 0.29) is 6.42 Å². The van der Waals surface area contributed by atoms with Gasteiger partial charge in [0.2, 0.25) is 0 Å². The van der Waals surface area contributed by atoms with E-state index in [1.807, 2.05) is 6.92 Å². The van der Waals surface area contributed by atoms with E-state index in [4.69, 9.17) is 16.7 Å². The lowest BCUT2D eigenvalue weighted by atomic mass is 10.2. The van der Waals surface area contributed by atoms with Crippen LogP contribution in [0.25, 0.3) is 0 Å². The van der Waals surface area contributed by atoms with E-state index in [2.05, 4.69) is 20.7 Å². The van der Waals surface area contributed by atoms with E-state index in [9.17, 15) is 4.79 Å². The third kappa shape index (κ3) is 5.82. The predicted octanol–water partition coefficient (Wildman–Crippen LogP) is 2.17. The Morgan fingerprint density at radius 2 is 2.24 bits per heavy atom. The van der Waals surface area contributed by atoms with Crippen molar-refractivity contribution in [2.24, 2.45) is 5.10 Å². The van der Waals surface area contributed by atoms with Gasteiger partial charge in [-0.15, -0.1) is 10.2 Å². The molecule has 0 aliphatic heterocycles. The zero-order valence-electron chi connectivity index (χ0n) is 9.35. The molecule has 0 aromatic carbocycles. The molecule has 0 spiro atoms. The Morgan fingerprint density at radius 3 is 2.82 bits per heavy atom. The van der Waals surface area contributed by atoms with E-state index in [1.54, 1.807) is 12.1 Å². The monoisotopic (exact) mass is 256 g/mol. The normalized spacial score (nSPS) is 11.3. The molecule has 1 aromatic heterocycles. The molecular weight excluding hydrogens is 244 g/mol. The topological polar surface area (TPSA) is 87.5 Å².